The first kappa shape index (κ1) is 16.1. The Morgan fingerprint density at radius 2 is 1.76 bits per heavy atom. The molecule has 3 N–H and O–H groups in total. The van der Waals surface area contributed by atoms with Gasteiger partial charge in [0.15, 0.2) is 0 Å². The number of piperazine rings is 1. The van der Waals surface area contributed by atoms with Gasteiger partial charge in [0.05, 0.1) is 0 Å². The number of aliphatic hydroxyl groups excluding tert-OH is 1. The van der Waals surface area contributed by atoms with Crippen LogP contribution in [-0.4, -0.2) is 66.9 Å². The highest BCUT2D eigenvalue weighted by molar-refractivity contribution is 5.41. The van der Waals surface area contributed by atoms with Gasteiger partial charge in [-0.2, -0.15) is 0 Å². The van der Waals surface area contributed by atoms with Gasteiger partial charge in [-0.3, -0.25) is 4.90 Å². The van der Waals surface area contributed by atoms with Crippen LogP contribution in [0.2, 0.25) is 0 Å². The molecule has 21 heavy (non-hydrogen) atoms. The second-order valence-corrected chi connectivity index (χ2v) is 5.68. The van der Waals surface area contributed by atoms with E-state index in [1.165, 1.54) is 13.0 Å². The van der Waals surface area contributed by atoms with Crippen molar-refractivity contribution in [2.75, 3.05) is 51.6 Å². The summed E-state index contributed by atoms with van der Waals surface area (Å²) in [5.74, 6) is 0.746. The number of rotatable bonds is 7. The van der Waals surface area contributed by atoms with Crippen LogP contribution in [0.5, 0.6) is 5.75 Å². The first-order valence-corrected chi connectivity index (χ1v) is 7.78. The van der Waals surface area contributed by atoms with Crippen molar-refractivity contribution in [3.05, 3.63) is 24.3 Å². The molecular formula is C16H27N3O2. The Hall–Kier alpha value is -1.30. The molecule has 1 fully saturated rings. The third kappa shape index (κ3) is 5.53. The summed E-state index contributed by atoms with van der Waals surface area (Å²) in [7, 11) is 0. The summed E-state index contributed by atoms with van der Waals surface area (Å²) < 4.78 is 5.58. The lowest BCUT2D eigenvalue weighted by Crippen LogP contribution is -2.49. The Bertz CT molecular complexity index is 402. The zero-order valence-corrected chi connectivity index (χ0v) is 12.9. The molecule has 1 aliphatic rings. The van der Waals surface area contributed by atoms with Gasteiger partial charge < -0.3 is 20.5 Å². The third-order valence-electron chi connectivity index (χ3n) is 3.80. The molecular weight excluding hydrogens is 266 g/mol. The van der Waals surface area contributed by atoms with Crippen molar-refractivity contribution in [2.24, 2.45) is 0 Å². The molecule has 1 atom stereocenters. The molecule has 1 unspecified atom stereocenters. The van der Waals surface area contributed by atoms with E-state index in [1.54, 1.807) is 12.1 Å². The lowest BCUT2D eigenvalue weighted by molar-refractivity contribution is 0.0461. The van der Waals surface area contributed by atoms with E-state index >= 15 is 0 Å². The summed E-state index contributed by atoms with van der Waals surface area (Å²) in [5.41, 5.74) is 6.34. The first-order valence-electron chi connectivity index (χ1n) is 7.78. The molecule has 2 rings (SSSR count). The topological polar surface area (TPSA) is 62.0 Å². The van der Waals surface area contributed by atoms with Gasteiger partial charge in [0, 0.05) is 38.4 Å². The molecule has 1 aliphatic heterocycles. The smallest absolute Gasteiger partial charge is 0.119 e. The number of anilines is 1. The minimum atomic E-state index is -0.458. The van der Waals surface area contributed by atoms with Crippen LogP contribution in [0.4, 0.5) is 5.69 Å². The lowest BCUT2D eigenvalue weighted by Gasteiger charge is -2.35. The number of ether oxygens (including phenoxy) is 1. The summed E-state index contributed by atoms with van der Waals surface area (Å²) in [6.07, 6.45) is 0.748. The molecule has 0 bridgehead atoms. The fourth-order valence-electron chi connectivity index (χ4n) is 2.62. The maximum atomic E-state index is 10.1. The van der Waals surface area contributed by atoms with E-state index in [4.69, 9.17) is 10.5 Å². The molecule has 0 amide bonds. The predicted molar refractivity (Wildman–Crippen MR) is 85.5 cm³/mol. The zero-order valence-electron chi connectivity index (χ0n) is 12.9. The monoisotopic (exact) mass is 293 g/mol. The normalized spacial score (nSPS) is 18.6. The molecule has 1 saturated heterocycles. The van der Waals surface area contributed by atoms with Gasteiger partial charge >= 0.3 is 0 Å². The van der Waals surface area contributed by atoms with Gasteiger partial charge in [-0.25, -0.2) is 0 Å². The molecule has 0 radical (unpaired) electrons. The molecule has 1 aromatic rings. The molecule has 1 aromatic carbocycles. The Morgan fingerprint density at radius 3 is 2.38 bits per heavy atom. The van der Waals surface area contributed by atoms with Crippen molar-refractivity contribution in [1.29, 1.82) is 0 Å². The summed E-state index contributed by atoms with van der Waals surface area (Å²) in [6.45, 7) is 8.63. The number of hydrogen-bond donors (Lipinski definition) is 2. The maximum absolute atomic E-state index is 10.1. The SMILES string of the molecule is CCCN1CCN(CC(O)COc2ccc(N)cc2)CC1. The summed E-state index contributed by atoms with van der Waals surface area (Å²) in [6, 6.07) is 7.25. The summed E-state index contributed by atoms with van der Waals surface area (Å²) in [4.78, 5) is 4.79. The van der Waals surface area contributed by atoms with Gasteiger partial charge in [0.25, 0.3) is 0 Å². The number of nitrogen functional groups attached to an aromatic ring is 1. The van der Waals surface area contributed by atoms with E-state index in [0.717, 1.165) is 31.9 Å². The largest absolute Gasteiger partial charge is 0.491 e. The molecule has 0 aliphatic carbocycles. The number of hydrogen-bond acceptors (Lipinski definition) is 5. The number of aliphatic hydroxyl groups is 1. The third-order valence-corrected chi connectivity index (χ3v) is 3.80. The summed E-state index contributed by atoms with van der Waals surface area (Å²) in [5, 5.41) is 10.1. The molecule has 0 spiro atoms. The van der Waals surface area contributed by atoms with Crippen LogP contribution in [-0.2, 0) is 0 Å². The molecule has 5 nitrogen and oxygen atoms in total. The lowest BCUT2D eigenvalue weighted by atomic mass is 10.2. The number of nitrogens with zero attached hydrogens (tertiary/aromatic N) is 2. The number of nitrogens with two attached hydrogens (primary N) is 1. The van der Waals surface area contributed by atoms with Crippen molar-refractivity contribution in [3.8, 4) is 5.75 Å². The fraction of sp³-hybridized carbons (Fsp3) is 0.625. The first-order chi connectivity index (χ1) is 10.2. The highest BCUT2D eigenvalue weighted by atomic mass is 16.5. The maximum Gasteiger partial charge on any atom is 0.119 e. The average molecular weight is 293 g/mol. The molecule has 1 heterocycles. The Morgan fingerprint density at radius 1 is 1.14 bits per heavy atom. The van der Waals surface area contributed by atoms with Gasteiger partial charge in [-0.15, -0.1) is 0 Å². The van der Waals surface area contributed by atoms with Gasteiger partial charge in [0.2, 0.25) is 0 Å². The highest BCUT2D eigenvalue weighted by Crippen LogP contribution is 2.13. The Balaban J connectivity index is 1.65. The fourth-order valence-corrected chi connectivity index (χ4v) is 2.62. The van der Waals surface area contributed by atoms with Crippen molar-refractivity contribution < 1.29 is 9.84 Å². The van der Waals surface area contributed by atoms with Gasteiger partial charge in [0.1, 0.15) is 18.5 Å². The van der Waals surface area contributed by atoms with E-state index in [2.05, 4.69) is 16.7 Å². The average Bonchev–Trinajstić information content (AvgIpc) is 2.49. The molecule has 118 valence electrons. The van der Waals surface area contributed by atoms with E-state index in [9.17, 15) is 5.11 Å². The molecule has 5 heteroatoms. The highest BCUT2D eigenvalue weighted by Gasteiger charge is 2.18. The summed E-state index contributed by atoms with van der Waals surface area (Å²) >= 11 is 0. The van der Waals surface area contributed by atoms with E-state index in [1.807, 2.05) is 12.1 Å². The van der Waals surface area contributed by atoms with Crippen molar-refractivity contribution in [2.45, 2.75) is 19.4 Å². The molecule has 0 aromatic heterocycles. The number of β-amino-alcohol motifs (C(OH)–C–C–N with tert-alkyl or cyclic N) is 1. The predicted octanol–water partition coefficient (Wildman–Crippen LogP) is 1.04. The Kier molecular flexibility index (Phi) is 6.29. The van der Waals surface area contributed by atoms with Crippen LogP contribution >= 0.6 is 0 Å². The second kappa shape index (κ2) is 8.22. The van der Waals surface area contributed by atoms with Crippen LogP contribution in [0.25, 0.3) is 0 Å². The van der Waals surface area contributed by atoms with Crippen molar-refractivity contribution in [1.82, 2.24) is 9.80 Å². The van der Waals surface area contributed by atoms with Gasteiger partial charge in [-0.05, 0) is 37.2 Å². The van der Waals surface area contributed by atoms with E-state index in [0.29, 0.717) is 18.8 Å². The van der Waals surface area contributed by atoms with Crippen molar-refractivity contribution >= 4 is 5.69 Å². The van der Waals surface area contributed by atoms with Crippen LogP contribution < -0.4 is 10.5 Å². The second-order valence-electron chi connectivity index (χ2n) is 5.68. The van der Waals surface area contributed by atoms with Gasteiger partial charge in [-0.1, -0.05) is 6.92 Å². The van der Waals surface area contributed by atoms with Crippen LogP contribution in [0.3, 0.4) is 0 Å². The van der Waals surface area contributed by atoms with E-state index < -0.39 is 6.10 Å². The van der Waals surface area contributed by atoms with Crippen LogP contribution in [0.1, 0.15) is 13.3 Å². The number of benzene rings is 1. The van der Waals surface area contributed by atoms with Crippen molar-refractivity contribution in [3.63, 3.8) is 0 Å². The zero-order chi connectivity index (χ0) is 15.1. The van der Waals surface area contributed by atoms with Crippen LogP contribution in [0, 0.1) is 0 Å². The minimum absolute atomic E-state index is 0.319. The van der Waals surface area contributed by atoms with E-state index in [-0.39, 0.29) is 0 Å². The quantitative estimate of drug-likeness (QED) is 0.736. The Labute approximate surface area is 127 Å². The van der Waals surface area contributed by atoms with Crippen LogP contribution in [0.15, 0.2) is 24.3 Å². The standard InChI is InChI=1S/C16H27N3O2/c1-2-7-18-8-10-19(11-9-18)12-15(20)13-21-16-5-3-14(17)4-6-16/h3-6,15,20H,2,7-13,17H2,1H3. The minimum Gasteiger partial charge on any atom is -0.491 e. The molecule has 0 saturated carbocycles.